The topological polar surface area (TPSA) is 46.6 Å². The van der Waals surface area contributed by atoms with Crippen molar-refractivity contribution in [3.63, 3.8) is 0 Å². The zero-order chi connectivity index (χ0) is 18.1. The monoisotopic (exact) mass is 365 g/mol. The van der Waals surface area contributed by atoms with Crippen LogP contribution in [0.3, 0.4) is 0 Å². The van der Waals surface area contributed by atoms with Gasteiger partial charge in [-0.15, -0.1) is 0 Å². The number of benzene rings is 3. The molecule has 0 aromatic heterocycles. The number of Topliss-reactive ketones (excluding diaryl/α,β-unsaturated/α-hetero) is 1. The molecule has 3 aromatic carbocycles. The van der Waals surface area contributed by atoms with Crippen LogP contribution in [-0.2, 0) is 4.79 Å². The highest BCUT2D eigenvalue weighted by atomic mass is 35.5. The molecule has 4 nitrogen and oxygen atoms in total. The molecule has 0 spiro atoms. The molecular formula is C21H16ClNO3. The summed E-state index contributed by atoms with van der Waals surface area (Å²) in [4.78, 5) is 25.8. The average Bonchev–Trinajstić information content (AvgIpc) is 2.91. The normalized spacial score (nSPS) is 13.3. The number of nitrogens with zero attached hydrogens (tertiary/aromatic N) is 1. The summed E-state index contributed by atoms with van der Waals surface area (Å²) in [5.41, 5.74) is 0.881. The third kappa shape index (κ3) is 2.82. The van der Waals surface area contributed by atoms with Crippen LogP contribution in [0.15, 0.2) is 60.7 Å². The largest absolute Gasteiger partial charge is 0.493 e. The van der Waals surface area contributed by atoms with Crippen LogP contribution in [-0.4, -0.2) is 24.8 Å². The lowest BCUT2D eigenvalue weighted by atomic mass is 10.1. The van der Waals surface area contributed by atoms with Crippen LogP contribution >= 0.6 is 11.6 Å². The first kappa shape index (κ1) is 16.6. The first-order valence-electron chi connectivity index (χ1n) is 8.42. The van der Waals surface area contributed by atoms with Gasteiger partial charge < -0.3 is 9.64 Å². The average molecular weight is 366 g/mol. The van der Waals surface area contributed by atoms with Crippen molar-refractivity contribution in [1.29, 1.82) is 0 Å². The Hall–Kier alpha value is -2.85. The minimum atomic E-state index is -0.529. The quantitative estimate of drug-likeness (QED) is 0.494. The van der Waals surface area contributed by atoms with E-state index in [4.69, 9.17) is 16.3 Å². The van der Waals surface area contributed by atoms with E-state index in [1.165, 1.54) is 4.90 Å². The summed E-state index contributed by atoms with van der Waals surface area (Å²) in [6.07, 6.45) is 0.590. The number of ether oxygens (including phenoxy) is 1. The van der Waals surface area contributed by atoms with Crippen molar-refractivity contribution in [1.82, 2.24) is 0 Å². The molecule has 0 aliphatic carbocycles. The Bertz CT molecular complexity index is 1010. The van der Waals surface area contributed by atoms with Gasteiger partial charge in [-0.3, -0.25) is 9.59 Å². The molecule has 0 saturated carbocycles. The van der Waals surface area contributed by atoms with Crippen molar-refractivity contribution in [2.24, 2.45) is 0 Å². The lowest BCUT2D eigenvalue weighted by Gasteiger charge is -2.18. The maximum absolute atomic E-state index is 12.2. The number of fused-ring (bicyclic) bond motifs is 2. The van der Waals surface area contributed by atoms with Crippen LogP contribution < -0.4 is 9.64 Å². The second-order valence-corrected chi connectivity index (χ2v) is 6.51. The number of anilines is 1. The number of halogens is 1. The molecule has 1 amide bonds. The van der Waals surface area contributed by atoms with E-state index in [0.717, 1.165) is 16.5 Å². The Morgan fingerprint density at radius 3 is 2.58 bits per heavy atom. The molecule has 0 atom stereocenters. The lowest BCUT2D eigenvalue weighted by molar-refractivity contribution is -0.114. The van der Waals surface area contributed by atoms with Gasteiger partial charge in [0.2, 0.25) is 0 Å². The second kappa shape index (κ2) is 6.81. The molecule has 5 heteroatoms. The van der Waals surface area contributed by atoms with E-state index in [2.05, 4.69) is 0 Å². The fourth-order valence-electron chi connectivity index (χ4n) is 3.25. The SMILES string of the molecule is O=C1C(=O)N(CCCOc2cccc3ccccc23)c2c(Cl)cccc21. The smallest absolute Gasteiger partial charge is 0.299 e. The second-order valence-electron chi connectivity index (χ2n) is 6.10. The molecule has 1 aliphatic heterocycles. The Balaban J connectivity index is 1.44. The highest BCUT2D eigenvalue weighted by Gasteiger charge is 2.36. The van der Waals surface area contributed by atoms with Crippen LogP contribution in [0.25, 0.3) is 10.8 Å². The molecule has 4 rings (SSSR count). The van der Waals surface area contributed by atoms with Gasteiger partial charge in [0.1, 0.15) is 5.75 Å². The fraction of sp³-hybridized carbons (Fsp3) is 0.143. The predicted molar refractivity (Wildman–Crippen MR) is 102 cm³/mol. The number of rotatable bonds is 5. The molecule has 0 N–H and O–H groups in total. The number of para-hydroxylation sites is 1. The first-order valence-corrected chi connectivity index (χ1v) is 8.80. The molecule has 1 aliphatic rings. The van der Waals surface area contributed by atoms with Gasteiger partial charge in [0, 0.05) is 11.9 Å². The van der Waals surface area contributed by atoms with E-state index in [-0.39, 0.29) is 0 Å². The Morgan fingerprint density at radius 1 is 0.923 bits per heavy atom. The Morgan fingerprint density at radius 2 is 1.69 bits per heavy atom. The van der Waals surface area contributed by atoms with Gasteiger partial charge in [-0.2, -0.15) is 0 Å². The van der Waals surface area contributed by atoms with Crippen LogP contribution in [0.4, 0.5) is 5.69 Å². The molecule has 26 heavy (non-hydrogen) atoms. The van der Waals surface area contributed by atoms with Crippen LogP contribution in [0.2, 0.25) is 5.02 Å². The molecule has 0 radical (unpaired) electrons. The van der Waals surface area contributed by atoms with Crippen LogP contribution in [0.5, 0.6) is 5.75 Å². The summed E-state index contributed by atoms with van der Waals surface area (Å²) in [6.45, 7) is 0.817. The molecule has 130 valence electrons. The number of carbonyl (C=O) groups is 2. The van der Waals surface area contributed by atoms with Crippen LogP contribution in [0.1, 0.15) is 16.8 Å². The first-order chi connectivity index (χ1) is 12.7. The van der Waals surface area contributed by atoms with Gasteiger partial charge in [-0.05, 0) is 30.0 Å². The number of carbonyl (C=O) groups excluding carboxylic acids is 2. The summed E-state index contributed by atoms with van der Waals surface area (Å²) < 4.78 is 5.90. The molecular weight excluding hydrogens is 350 g/mol. The van der Waals surface area contributed by atoms with Gasteiger partial charge in [0.05, 0.1) is 22.9 Å². The van der Waals surface area contributed by atoms with Gasteiger partial charge in [-0.1, -0.05) is 54.1 Å². The minimum absolute atomic E-state index is 0.373. The number of ketones is 1. The highest BCUT2D eigenvalue weighted by molar-refractivity contribution is 6.54. The summed E-state index contributed by atoms with van der Waals surface area (Å²) in [5.74, 6) is -0.221. The van der Waals surface area contributed by atoms with Crippen molar-refractivity contribution in [2.45, 2.75) is 6.42 Å². The Kier molecular flexibility index (Phi) is 4.35. The third-order valence-corrected chi connectivity index (χ3v) is 4.78. The van der Waals surface area contributed by atoms with E-state index in [0.29, 0.717) is 35.8 Å². The van der Waals surface area contributed by atoms with E-state index in [9.17, 15) is 9.59 Å². The summed E-state index contributed by atoms with van der Waals surface area (Å²) in [5, 5.41) is 2.58. The standard InChI is InChI=1S/C21H16ClNO3/c22-17-10-4-9-16-19(17)23(21(25)20(16)24)12-5-13-26-18-11-3-7-14-6-1-2-8-15(14)18/h1-4,6-11H,5,12-13H2. The maximum Gasteiger partial charge on any atom is 0.299 e. The van der Waals surface area contributed by atoms with Crippen molar-refractivity contribution in [3.8, 4) is 5.75 Å². The van der Waals surface area contributed by atoms with E-state index in [1.807, 2.05) is 42.5 Å². The fourth-order valence-corrected chi connectivity index (χ4v) is 3.53. The molecule has 0 saturated heterocycles. The van der Waals surface area contributed by atoms with Gasteiger partial charge >= 0.3 is 0 Å². The van der Waals surface area contributed by atoms with Crippen LogP contribution in [0, 0.1) is 0 Å². The highest BCUT2D eigenvalue weighted by Crippen LogP contribution is 2.35. The lowest BCUT2D eigenvalue weighted by Crippen LogP contribution is -2.31. The number of amides is 1. The molecule has 1 heterocycles. The van der Waals surface area contributed by atoms with Crippen molar-refractivity contribution in [3.05, 3.63) is 71.2 Å². The predicted octanol–water partition coefficient (Wildman–Crippen LogP) is 4.49. The number of hydrogen-bond acceptors (Lipinski definition) is 3. The summed E-state index contributed by atoms with van der Waals surface area (Å²) >= 11 is 6.19. The molecule has 0 bridgehead atoms. The summed E-state index contributed by atoms with van der Waals surface area (Å²) in [7, 11) is 0. The summed E-state index contributed by atoms with van der Waals surface area (Å²) in [6, 6.07) is 18.9. The number of hydrogen-bond donors (Lipinski definition) is 0. The Labute approximate surface area is 155 Å². The van der Waals surface area contributed by atoms with Crippen molar-refractivity contribution < 1.29 is 14.3 Å². The molecule has 0 unspecified atom stereocenters. The van der Waals surface area contributed by atoms with Gasteiger partial charge in [0.15, 0.2) is 0 Å². The molecule has 0 fully saturated rings. The van der Waals surface area contributed by atoms with Crippen molar-refractivity contribution >= 4 is 39.8 Å². The minimum Gasteiger partial charge on any atom is -0.493 e. The van der Waals surface area contributed by atoms with E-state index >= 15 is 0 Å². The van der Waals surface area contributed by atoms with E-state index < -0.39 is 11.7 Å². The van der Waals surface area contributed by atoms with Crippen molar-refractivity contribution in [2.75, 3.05) is 18.1 Å². The van der Waals surface area contributed by atoms with Gasteiger partial charge in [-0.25, -0.2) is 0 Å². The zero-order valence-corrected chi connectivity index (χ0v) is 14.7. The maximum atomic E-state index is 12.2. The molecule has 3 aromatic rings. The van der Waals surface area contributed by atoms with E-state index in [1.54, 1.807) is 18.2 Å². The zero-order valence-electron chi connectivity index (χ0n) is 13.9. The third-order valence-electron chi connectivity index (χ3n) is 4.47. The van der Waals surface area contributed by atoms with Gasteiger partial charge in [0.25, 0.3) is 11.7 Å².